The van der Waals surface area contributed by atoms with Gasteiger partial charge in [0.25, 0.3) is 0 Å². The first-order chi connectivity index (χ1) is 16.0. The van der Waals surface area contributed by atoms with Gasteiger partial charge in [0.15, 0.2) is 11.5 Å². The SMILES string of the molecule is C[C@@H](Cn1cnc2c(N)ncnc21)OCP(=O)(NCc1ccc(C#N)cc1)NC(C)(C)C(=O)O. The lowest BCUT2D eigenvalue weighted by Crippen LogP contribution is -2.47. The van der Waals surface area contributed by atoms with Crippen LogP contribution in [-0.2, 0) is 27.2 Å². The number of benzene rings is 1. The molecule has 0 radical (unpaired) electrons. The maximum Gasteiger partial charge on any atom is 0.323 e. The number of nitriles is 1. The third-order valence-corrected chi connectivity index (χ3v) is 7.14. The van der Waals surface area contributed by atoms with Crippen LogP contribution in [-0.4, -0.2) is 48.6 Å². The summed E-state index contributed by atoms with van der Waals surface area (Å²) in [5.74, 6) is -0.878. The van der Waals surface area contributed by atoms with Crippen LogP contribution in [0.15, 0.2) is 36.9 Å². The van der Waals surface area contributed by atoms with Crippen molar-refractivity contribution in [2.45, 2.75) is 45.5 Å². The van der Waals surface area contributed by atoms with E-state index in [1.54, 1.807) is 42.1 Å². The van der Waals surface area contributed by atoms with E-state index in [0.29, 0.717) is 23.3 Å². The normalized spacial score (nSPS) is 14.4. The molecule has 34 heavy (non-hydrogen) atoms. The smallest absolute Gasteiger partial charge is 0.323 e. The predicted octanol–water partition coefficient (Wildman–Crippen LogP) is 2.08. The van der Waals surface area contributed by atoms with Crippen LogP contribution < -0.4 is 15.9 Å². The molecule has 0 saturated carbocycles. The Kier molecular flexibility index (Phi) is 7.64. The van der Waals surface area contributed by atoms with Crippen molar-refractivity contribution in [3.63, 3.8) is 0 Å². The summed E-state index contributed by atoms with van der Waals surface area (Å²) in [4.78, 5) is 24.0. The summed E-state index contributed by atoms with van der Waals surface area (Å²) in [6, 6.07) is 8.82. The highest BCUT2D eigenvalue weighted by atomic mass is 31.2. The Morgan fingerprint density at radius 1 is 1.32 bits per heavy atom. The lowest BCUT2D eigenvalue weighted by Gasteiger charge is -2.30. The fourth-order valence-corrected chi connectivity index (χ4v) is 5.26. The van der Waals surface area contributed by atoms with Crippen molar-refractivity contribution in [3.8, 4) is 6.07 Å². The third-order valence-electron chi connectivity index (χ3n) is 5.04. The number of nitrogens with one attached hydrogen (secondary N) is 2. The third kappa shape index (κ3) is 6.15. The fraction of sp³-hybridized carbons (Fsp3) is 0.381. The van der Waals surface area contributed by atoms with Crippen molar-refractivity contribution in [2.75, 3.05) is 12.1 Å². The number of nitrogens with two attached hydrogens (primary N) is 1. The number of anilines is 1. The van der Waals surface area contributed by atoms with Crippen molar-refractivity contribution in [3.05, 3.63) is 48.0 Å². The Bertz CT molecular complexity index is 1250. The molecule has 1 unspecified atom stereocenters. The minimum Gasteiger partial charge on any atom is -0.480 e. The molecule has 2 heterocycles. The number of carbonyl (C=O) groups is 1. The number of hydrogen-bond donors (Lipinski definition) is 4. The molecule has 2 aromatic heterocycles. The number of fused-ring (bicyclic) bond motifs is 1. The van der Waals surface area contributed by atoms with Crippen LogP contribution in [0.1, 0.15) is 31.9 Å². The minimum absolute atomic E-state index is 0.186. The van der Waals surface area contributed by atoms with Gasteiger partial charge in [0.2, 0.25) is 7.44 Å². The fourth-order valence-electron chi connectivity index (χ4n) is 3.13. The van der Waals surface area contributed by atoms with Gasteiger partial charge in [-0.05, 0) is 38.5 Å². The molecule has 1 aromatic carbocycles. The second-order valence-corrected chi connectivity index (χ2v) is 10.6. The van der Waals surface area contributed by atoms with E-state index < -0.39 is 25.1 Å². The van der Waals surface area contributed by atoms with Gasteiger partial charge in [-0.2, -0.15) is 5.26 Å². The highest BCUT2D eigenvalue weighted by molar-refractivity contribution is 7.59. The molecule has 13 heteroatoms. The zero-order chi connectivity index (χ0) is 24.9. The summed E-state index contributed by atoms with van der Waals surface area (Å²) >= 11 is 0. The van der Waals surface area contributed by atoms with Crippen molar-refractivity contribution < 1.29 is 19.2 Å². The monoisotopic (exact) mass is 486 g/mol. The molecular formula is C21H27N8O4P. The molecule has 0 saturated heterocycles. The van der Waals surface area contributed by atoms with Gasteiger partial charge in [0.05, 0.1) is 30.6 Å². The number of imidazole rings is 1. The highest BCUT2D eigenvalue weighted by Gasteiger charge is 2.36. The number of carboxylic acid groups (broad SMARTS) is 1. The van der Waals surface area contributed by atoms with E-state index >= 15 is 0 Å². The van der Waals surface area contributed by atoms with Crippen LogP contribution in [0.3, 0.4) is 0 Å². The molecule has 2 atom stereocenters. The van der Waals surface area contributed by atoms with Gasteiger partial charge in [-0.25, -0.2) is 25.1 Å². The summed E-state index contributed by atoms with van der Waals surface area (Å²) < 4.78 is 21.3. The second-order valence-electron chi connectivity index (χ2n) is 8.36. The van der Waals surface area contributed by atoms with Crippen molar-refractivity contribution in [1.29, 1.82) is 5.26 Å². The van der Waals surface area contributed by atoms with Crippen LogP contribution >= 0.6 is 7.44 Å². The average Bonchev–Trinajstić information content (AvgIpc) is 3.20. The second kappa shape index (κ2) is 10.3. The molecule has 5 N–H and O–H groups in total. The highest BCUT2D eigenvalue weighted by Crippen LogP contribution is 2.39. The zero-order valence-electron chi connectivity index (χ0n) is 19.1. The predicted molar refractivity (Wildman–Crippen MR) is 126 cm³/mol. The van der Waals surface area contributed by atoms with Crippen LogP contribution in [0.25, 0.3) is 11.2 Å². The Labute approximate surface area is 196 Å². The van der Waals surface area contributed by atoms with Crippen LogP contribution in [0.5, 0.6) is 0 Å². The molecule has 0 fully saturated rings. The quantitative estimate of drug-likeness (QED) is 0.291. The zero-order valence-corrected chi connectivity index (χ0v) is 20.0. The van der Waals surface area contributed by atoms with E-state index in [-0.39, 0.29) is 18.7 Å². The van der Waals surface area contributed by atoms with E-state index in [1.807, 2.05) is 6.07 Å². The van der Waals surface area contributed by atoms with E-state index in [2.05, 4.69) is 25.1 Å². The van der Waals surface area contributed by atoms with Gasteiger partial charge in [-0.1, -0.05) is 12.1 Å². The van der Waals surface area contributed by atoms with Gasteiger partial charge >= 0.3 is 5.97 Å². The minimum atomic E-state index is -3.52. The van der Waals surface area contributed by atoms with E-state index in [0.717, 1.165) is 5.56 Å². The summed E-state index contributed by atoms with van der Waals surface area (Å²) in [7, 11) is -3.52. The number of aromatic nitrogens is 4. The molecule has 0 bridgehead atoms. The van der Waals surface area contributed by atoms with Crippen molar-refractivity contribution in [2.24, 2.45) is 0 Å². The van der Waals surface area contributed by atoms with Gasteiger partial charge in [0, 0.05) is 6.54 Å². The summed E-state index contributed by atoms with van der Waals surface area (Å²) in [6.45, 7) is 5.19. The topological polar surface area (TPSA) is 181 Å². The van der Waals surface area contributed by atoms with E-state index in [9.17, 15) is 14.5 Å². The number of aliphatic carboxylic acids is 1. The van der Waals surface area contributed by atoms with Crippen LogP contribution in [0.4, 0.5) is 5.82 Å². The molecule has 0 aliphatic carbocycles. The van der Waals surface area contributed by atoms with E-state index in [1.165, 1.54) is 20.2 Å². The molecule has 3 aromatic rings. The number of rotatable bonds is 11. The number of ether oxygens (including phenoxy) is 1. The molecule has 0 aliphatic heterocycles. The van der Waals surface area contributed by atoms with Crippen LogP contribution in [0, 0.1) is 11.3 Å². The molecule has 0 amide bonds. The number of hydrogen-bond acceptors (Lipinski definition) is 8. The maximum absolute atomic E-state index is 13.7. The molecule has 0 aliphatic rings. The number of nitrogen functional groups attached to an aromatic ring is 1. The molecule has 180 valence electrons. The maximum atomic E-state index is 13.7. The molecule has 0 spiro atoms. The Morgan fingerprint density at radius 3 is 2.68 bits per heavy atom. The van der Waals surface area contributed by atoms with Crippen molar-refractivity contribution in [1.82, 2.24) is 29.7 Å². The van der Waals surface area contributed by atoms with E-state index in [4.69, 9.17) is 15.7 Å². The van der Waals surface area contributed by atoms with Gasteiger partial charge in [-0.3, -0.25) is 9.36 Å². The summed E-state index contributed by atoms with van der Waals surface area (Å²) in [6.07, 6.45) is 2.25. The molecular weight excluding hydrogens is 459 g/mol. The largest absolute Gasteiger partial charge is 0.480 e. The number of nitrogens with zero attached hydrogens (tertiary/aromatic N) is 5. The summed E-state index contributed by atoms with van der Waals surface area (Å²) in [5, 5.41) is 24.1. The lowest BCUT2D eigenvalue weighted by molar-refractivity contribution is -0.142. The van der Waals surface area contributed by atoms with Gasteiger partial charge in [-0.15, -0.1) is 0 Å². The Morgan fingerprint density at radius 2 is 2.03 bits per heavy atom. The Hall–Kier alpha value is -3.36. The first-order valence-corrected chi connectivity index (χ1v) is 12.3. The first-order valence-electron chi connectivity index (χ1n) is 10.4. The van der Waals surface area contributed by atoms with Crippen LogP contribution in [0.2, 0.25) is 0 Å². The first kappa shape index (κ1) is 25.3. The van der Waals surface area contributed by atoms with Gasteiger partial charge in [0.1, 0.15) is 23.7 Å². The average molecular weight is 486 g/mol. The standard InChI is InChI=1S/C21H27N8O4P/c1-14(10-29-12-26-17-18(23)24-11-25-19(17)29)33-13-34(32,28-21(2,3)20(30)31)27-9-16-6-4-15(8-22)5-7-16/h4-7,11-12,14H,9-10,13H2,1-3H3,(H,30,31)(H2,23,24,25)(H2,27,28,32)/t14-,34?/m0/s1. The Balaban J connectivity index is 1.70. The number of carboxylic acids is 1. The molecule has 12 nitrogen and oxygen atoms in total. The van der Waals surface area contributed by atoms with Crippen molar-refractivity contribution >= 4 is 30.4 Å². The molecule has 3 rings (SSSR count). The lowest BCUT2D eigenvalue weighted by atomic mass is 10.1. The summed E-state index contributed by atoms with van der Waals surface area (Å²) in [5.41, 5.74) is 6.68. The van der Waals surface area contributed by atoms with Gasteiger partial charge < -0.3 is 20.1 Å².